The number of amides is 2. The van der Waals surface area contributed by atoms with Crippen molar-refractivity contribution in [2.45, 2.75) is 12.6 Å². The van der Waals surface area contributed by atoms with Crippen molar-refractivity contribution in [3.05, 3.63) is 60.9 Å². The van der Waals surface area contributed by atoms with Crippen LogP contribution in [-0.4, -0.2) is 54.8 Å². The van der Waals surface area contributed by atoms with E-state index in [1.165, 1.54) is 4.90 Å². The van der Waals surface area contributed by atoms with Crippen molar-refractivity contribution in [2.75, 3.05) is 18.4 Å². The molecule has 1 saturated heterocycles. The monoisotopic (exact) mass is 403 g/mol. The Hall–Kier alpha value is -3.88. The standard InChI is InChI=1S/C21H18FN7O/c22-16-9-10-28(13-16)21(30)25-18-8-4-7-17(24-18)19-26-20-23-11-15(12-29(20)27-19)14-5-2-1-3-6-14/h1-8,11-12,16H,9-10,13H2,(H,24,25,30)/t16-/m1/s1. The molecule has 1 N–H and O–H groups in total. The van der Waals surface area contributed by atoms with E-state index in [0.29, 0.717) is 36.1 Å². The molecule has 0 spiro atoms. The highest BCUT2D eigenvalue weighted by Gasteiger charge is 2.26. The van der Waals surface area contributed by atoms with Gasteiger partial charge in [0, 0.05) is 24.5 Å². The number of carbonyl (C=O) groups is 1. The largest absolute Gasteiger partial charge is 0.323 e. The summed E-state index contributed by atoms with van der Waals surface area (Å²) >= 11 is 0. The van der Waals surface area contributed by atoms with E-state index in [4.69, 9.17) is 0 Å². The summed E-state index contributed by atoms with van der Waals surface area (Å²) in [5, 5.41) is 7.19. The average molecular weight is 403 g/mol. The highest BCUT2D eigenvalue weighted by Crippen LogP contribution is 2.20. The van der Waals surface area contributed by atoms with Gasteiger partial charge in [0.1, 0.15) is 17.7 Å². The van der Waals surface area contributed by atoms with Crippen LogP contribution in [0.5, 0.6) is 0 Å². The van der Waals surface area contributed by atoms with Gasteiger partial charge >= 0.3 is 6.03 Å². The Morgan fingerprint density at radius 2 is 1.93 bits per heavy atom. The number of nitrogens with zero attached hydrogens (tertiary/aromatic N) is 6. The normalized spacial score (nSPS) is 16.2. The fourth-order valence-electron chi connectivity index (χ4n) is 3.39. The van der Waals surface area contributed by atoms with Gasteiger partial charge in [-0.2, -0.15) is 4.98 Å². The molecule has 4 heterocycles. The Kier molecular flexibility index (Phi) is 4.55. The predicted octanol–water partition coefficient (Wildman–Crippen LogP) is 3.43. The Labute approximate surface area is 171 Å². The van der Waals surface area contributed by atoms with E-state index >= 15 is 0 Å². The number of hydrogen-bond donors (Lipinski definition) is 1. The van der Waals surface area contributed by atoms with E-state index in [-0.39, 0.29) is 12.6 Å². The van der Waals surface area contributed by atoms with Gasteiger partial charge in [-0.05, 0) is 24.1 Å². The average Bonchev–Trinajstić information content (AvgIpc) is 3.40. The summed E-state index contributed by atoms with van der Waals surface area (Å²) in [5.74, 6) is 1.21. The molecule has 1 aliphatic heterocycles. The van der Waals surface area contributed by atoms with Crippen LogP contribution in [0.15, 0.2) is 60.9 Å². The first-order valence-corrected chi connectivity index (χ1v) is 9.61. The van der Waals surface area contributed by atoms with Gasteiger partial charge in [0.25, 0.3) is 5.78 Å². The van der Waals surface area contributed by atoms with E-state index in [1.54, 1.807) is 28.9 Å². The summed E-state index contributed by atoms with van der Waals surface area (Å²) in [7, 11) is 0. The first-order valence-electron chi connectivity index (χ1n) is 9.61. The number of benzene rings is 1. The minimum atomic E-state index is -0.967. The number of carbonyl (C=O) groups excluding carboxylic acids is 1. The van der Waals surface area contributed by atoms with Gasteiger partial charge in [-0.25, -0.2) is 23.7 Å². The molecule has 1 aliphatic rings. The molecule has 1 fully saturated rings. The summed E-state index contributed by atoms with van der Waals surface area (Å²) in [6.45, 7) is 0.505. The molecule has 8 nitrogen and oxygen atoms in total. The number of hydrogen-bond acceptors (Lipinski definition) is 5. The zero-order valence-corrected chi connectivity index (χ0v) is 15.9. The molecule has 30 heavy (non-hydrogen) atoms. The van der Waals surface area contributed by atoms with E-state index in [2.05, 4.69) is 25.4 Å². The van der Waals surface area contributed by atoms with Crippen molar-refractivity contribution < 1.29 is 9.18 Å². The fraction of sp³-hybridized carbons (Fsp3) is 0.190. The second kappa shape index (κ2) is 7.51. The minimum Gasteiger partial charge on any atom is -0.321 e. The number of nitrogens with one attached hydrogen (secondary N) is 1. The zero-order chi connectivity index (χ0) is 20.5. The van der Waals surface area contributed by atoms with Gasteiger partial charge in [0.2, 0.25) is 5.82 Å². The van der Waals surface area contributed by atoms with E-state index in [0.717, 1.165) is 11.1 Å². The van der Waals surface area contributed by atoms with Gasteiger partial charge in [0.05, 0.1) is 6.54 Å². The maximum absolute atomic E-state index is 13.3. The Morgan fingerprint density at radius 1 is 1.07 bits per heavy atom. The molecule has 3 aromatic heterocycles. The Balaban J connectivity index is 1.40. The molecular weight excluding hydrogens is 385 g/mol. The number of fused-ring (bicyclic) bond motifs is 1. The third-order valence-corrected chi connectivity index (χ3v) is 4.93. The number of anilines is 1. The maximum Gasteiger partial charge on any atom is 0.323 e. The molecule has 0 aliphatic carbocycles. The van der Waals surface area contributed by atoms with E-state index < -0.39 is 6.17 Å². The second-order valence-corrected chi connectivity index (χ2v) is 7.06. The van der Waals surface area contributed by atoms with Crippen molar-refractivity contribution in [1.82, 2.24) is 29.5 Å². The number of rotatable bonds is 3. The zero-order valence-electron chi connectivity index (χ0n) is 15.9. The smallest absolute Gasteiger partial charge is 0.321 e. The Morgan fingerprint density at radius 3 is 2.73 bits per heavy atom. The topological polar surface area (TPSA) is 88.3 Å². The quantitative estimate of drug-likeness (QED) is 0.566. The van der Waals surface area contributed by atoms with Crippen LogP contribution in [0.3, 0.4) is 0 Å². The Bertz CT molecular complexity index is 1210. The summed E-state index contributed by atoms with van der Waals surface area (Å²) in [4.78, 5) is 27.0. The minimum absolute atomic E-state index is 0.106. The van der Waals surface area contributed by atoms with Crippen molar-refractivity contribution in [3.63, 3.8) is 0 Å². The number of halogens is 1. The van der Waals surface area contributed by atoms with Gasteiger partial charge in [-0.15, -0.1) is 5.10 Å². The van der Waals surface area contributed by atoms with Crippen LogP contribution < -0.4 is 5.32 Å². The molecule has 9 heteroatoms. The van der Waals surface area contributed by atoms with Crippen LogP contribution in [0.4, 0.5) is 15.0 Å². The molecule has 2 amide bonds. The van der Waals surface area contributed by atoms with Crippen LogP contribution in [0.1, 0.15) is 6.42 Å². The highest BCUT2D eigenvalue weighted by atomic mass is 19.1. The van der Waals surface area contributed by atoms with E-state index in [1.807, 2.05) is 36.5 Å². The summed E-state index contributed by atoms with van der Waals surface area (Å²) in [6.07, 6.45) is 3.01. The van der Waals surface area contributed by atoms with Crippen LogP contribution in [0.25, 0.3) is 28.4 Å². The summed E-state index contributed by atoms with van der Waals surface area (Å²) < 4.78 is 14.9. The van der Waals surface area contributed by atoms with Crippen molar-refractivity contribution in [1.29, 1.82) is 0 Å². The molecule has 0 unspecified atom stereocenters. The molecule has 1 aromatic carbocycles. The first-order chi connectivity index (χ1) is 14.7. The van der Waals surface area contributed by atoms with Crippen LogP contribution in [0.2, 0.25) is 0 Å². The lowest BCUT2D eigenvalue weighted by Gasteiger charge is -2.15. The van der Waals surface area contributed by atoms with Crippen molar-refractivity contribution in [2.24, 2.45) is 0 Å². The number of urea groups is 1. The lowest BCUT2D eigenvalue weighted by molar-refractivity contribution is 0.217. The lowest BCUT2D eigenvalue weighted by Crippen LogP contribution is -2.33. The van der Waals surface area contributed by atoms with E-state index in [9.17, 15) is 9.18 Å². The van der Waals surface area contributed by atoms with Gasteiger partial charge in [0.15, 0.2) is 0 Å². The molecule has 0 radical (unpaired) electrons. The van der Waals surface area contributed by atoms with Crippen LogP contribution in [0, 0.1) is 0 Å². The lowest BCUT2D eigenvalue weighted by atomic mass is 10.1. The SMILES string of the molecule is O=C(Nc1cccc(-c2nc3ncc(-c4ccccc4)cn3n2)n1)N1CC[C@@H](F)C1. The van der Waals surface area contributed by atoms with Crippen LogP contribution in [-0.2, 0) is 0 Å². The molecule has 1 atom stereocenters. The molecular formula is C21H18FN7O. The third-order valence-electron chi connectivity index (χ3n) is 4.93. The fourth-order valence-corrected chi connectivity index (χ4v) is 3.39. The number of aromatic nitrogens is 5. The molecule has 4 aromatic rings. The van der Waals surface area contributed by atoms with Gasteiger partial charge in [-0.3, -0.25) is 5.32 Å². The van der Waals surface area contributed by atoms with Gasteiger partial charge < -0.3 is 4.90 Å². The number of pyridine rings is 1. The van der Waals surface area contributed by atoms with Crippen LogP contribution >= 0.6 is 0 Å². The molecule has 5 rings (SSSR count). The maximum atomic E-state index is 13.3. The molecule has 150 valence electrons. The molecule has 0 saturated carbocycles. The predicted molar refractivity (Wildman–Crippen MR) is 110 cm³/mol. The number of likely N-dealkylation sites (tertiary alicyclic amines) is 1. The summed E-state index contributed by atoms with van der Waals surface area (Å²) in [6, 6.07) is 14.7. The third kappa shape index (κ3) is 3.57. The van der Waals surface area contributed by atoms with Crippen molar-refractivity contribution >= 4 is 17.6 Å². The van der Waals surface area contributed by atoms with Crippen molar-refractivity contribution in [3.8, 4) is 22.6 Å². The second-order valence-electron chi connectivity index (χ2n) is 7.06. The highest BCUT2D eigenvalue weighted by molar-refractivity contribution is 5.88. The summed E-state index contributed by atoms with van der Waals surface area (Å²) in [5.41, 5.74) is 2.46. The van der Waals surface area contributed by atoms with Gasteiger partial charge in [-0.1, -0.05) is 36.4 Å². The molecule has 0 bridgehead atoms. The number of alkyl halides is 1. The first kappa shape index (κ1) is 18.2.